The Bertz CT molecular complexity index is 1250. The Morgan fingerprint density at radius 1 is 1.24 bits per heavy atom. The highest BCUT2D eigenvalue weighted by Crippen LogP contribution is 2.35. The molecule has 3 aromatic rings. The number of hydrogen-bond donors (Lipinski definition) is 3. The molecule has 2 aromatic carbocycles. The van der Waals surface area contributed by atoms with Gasteiger partial charge >= 0.3 is 5.97 Å². The standard InChI is InChI=1S/C22H19Cl2N5O4/c1-33-18-9-12(22(31)32)5-6-17(18)27-29-11-13(10-14-15(23)3-2-4-16(14)24)28-8-7-26-21(28)19(29)20(25)30/h2-9,11,19,27H,10H2,1H3,(H2,25,30)(H,31,32). The van der Waals surface area contributed by atoms with E-state index in [2.05, 4.69) is 10.4 Å². The van der Waals surface area contributed by atoms with Gasteiger partial charge in [0.25, 0.3) is 0 Å². The zero-order valence-corrected chi connectivity index (χ0v) is 18.8. The van der Waals surface area contributed by atoms with Gasteiger partial charge in [-0.05, 0) is 35.9 Å². The molecule has 0 aliphatic carbocycles. The Hall–Kier alpha value is -3.69. The van der Waals surface area contributed by atoms with Crippen LogP contribution in [0, 0.1) is 0 Å². The maximum absolute atomic E-state index is 12.4. The quantitative estimate of drug-likeness (QED) is 0.462. The van der Waals surface area contributed by atoms with E-state index in [0.29, 0.717) is 33.5 Å². The molecule has 9 nitrogen and oxygen atoms in total. The van der Waals surface area contributed by atoms with Crippen molar-refractivity contribution < 1.29 is 19.4 Å². The molecule has 0 saturated heterocycles. The van der Waals surface area contributed by atoms with Gasteiger partial charge in [-0.3, -0.25) is 15.2 Å². The SMILES string of the molecule is COc1cc(C(=O)O)ccc1NN1C=C(Cc2c(Cl)cccc2Cl)n2ccnc2C1C(N)=O. The molecule has 11 heteroatoms. The Balaban J connectivity index is 1.77. The molecule has 4 N–H and O–H groups in total. The first-order chi connectivity index (χ1) is 15.8. The Morgan fingerprint density at radius 2 is 1.97 bits per heavy atom. The number of ether oxygens (including phenoxy) is 1. The number of rotatable bonds is 7. The lowest BCUT2D eigenvalue weighted by Crippen LogP contribution is -2.42. The fraction of sp³-hybridized carbons (Fsp3) is 0.136. The number of halogens is 2. The topological polar surface area (TPSA) is 123 Å². The molecule has 1 unspecified atom stereocenters. The van der Waals surface area contributed by atoms with Crippen molar-refractivity contribution in [3.63, 3.8) is 0 Å². The van der Waals surface area contributed by atoms with Crippen LogP contribution in [0.25, 0.3) is 5.70 Å². The number of primary amides is 1. The third-order valence-electron chi connectivity index (χ3n) is 5.18. The molecule has 170 valence electrons. The number of hydrogen-bond acceptors (Lipinski definition) is 6. The molecule has 1 amide bonds. The molecular weight excluding hydrogens is 469 g/mol. The number of benzene rings is 2. The third-order valence-corrected chi connectivity index (χ3v) is 5.88. The van der Waals surface area contributed by atoms with Crippen LogP contribution in [0.15, 0.2) is 55.0 Å². The van der Waals surface area contributed by atoms with Crippen molar-refractivity contribution in [1.82, 2.24) is 14.6 Å². The number of anilines is 1. The lowest BCUT2D eigenvalue weighted by atomic mass is 10.1. The molecule has 33 heavy (non-hydrogen) atoms. The van der Waals surface area contributed by atoms with Crippen LogP contribution in [0.4, 0.5) is 5.69 Å². The van der Waals surface area contributed by atoms with Crippen LogP contribution in [0.1, 0.15) is 27.8 Å². The largest absolute Gasteiger partial charge is 0.494 e. The monoisotopic (exact) mass is 487 g/mol. The van der Waals surface area contributed by atoms with E-state index >= 15 is 0 Å². The van der Waals surface area contributed by atoms with Gasteiger partial charge in [0, 0.05) is 40.8 Å². The second-order valence-corrected chi connectivity index (χ2v) is 8.01. The minimum absolute atomic E-state index is 0.0580. The van der Waals surface area contributed by atoms with Gasteiger partial charge in [-0.25, -0.2) is 9.78 Å². The minimum Gasteiger partial charge on any atom is -0.494 e. The first-order valence-electron chi connectivity index (χ1n) is 9.73. The highest BCUT2D eigenvalue weighted by atomic mass is 35.5. The van der Waals surface area contributed by atoms with Gasteiger partial charge in [0.15, 0.2) is 6.04 Å². The second kappa shape index (κ2) is 9.05. The number of carboxylic acid groups (broad SMARTS) is 1. The smallest absolute Gasteiger partial charge is 0.335 e. The molecule has 1 aliphatic heterocycles. The number of amides is 1. The molecule has 4 rings (SSSR count). The van der Waals surface area contributed by atoms with E-state index in [4.69, 9.17) is 33.7 Å². The van der Waals surface area contributed by atoms with E-state index < -0.39 is 17.9 Å². The van der Waals surface area contributed by atoms with Crippen molar-refractivity contribution in [1.29, 1.82) is 0 Å². The predicted octanol–water partition coefficient (Wildman–Crippen LogP) is 3.81. The van der Waals surface area contributed by atoms with Crippen LogP contribution in [0.5, 0.6) is 5.75 Å². The van der Waals surface area contributed by atoms with Gasteiger partial charge < -0.3 is 20.1 Å². The highest BCUT2D eigenvalue weighted by molar-refractivity contribution is 6.36. The van der Waals surface area contributed by atoms with Gasteiger partial charge in [-0.2, -0.15) is 0 Å². The summed E-state index contributed by atoms with van der Waals surface area (Å²) < 4.78 is 7.10. The molecule has 1 aromatic heterocycles. The molecule has 0 radical (unpaired) electrons. The number of hydrazine groups is 1. The number of carbonyl (C=O) groups excluding carboxylic acids is 1. The predicted molar refractivity (Wildman–Crippen MR) is 124 cm³/mol. The molecular formula is C22H19Cl2N5O4. The van der Waals surface area contributed by atoms with Crippen LogP contribution in [-0.4, -0.2) is 38.7 Å². The summed E-state index contributed by atoms with van der Waals surface area (Å²) in [6, 6.07) is 8.65. The number of nitrogens with one attached hydrogen (secondary N) is 1. The van der Waals surface area contributed by atoms with E-state index in [1.54, 1.807) is 47.4 Å². The second-order valence-electron chi connectivity index (χ2n) is 7.20. The van der Waals surface area contributed by atoms with E-state index in [1.165, 1.54) is 24.3 Å². The fourth-order valence-corrected chi connectivity index (χ4v) is 4.14. The Morgan fingerprint density at radius 3 is 2.61 bits per heavy atom. The summed E-state index contributed by atoms with van der Waals surface area (Å²) in [5, 5.41) is 11.8. The lowest BCUT2D eigenvalue weighted by Gasteiger charge is -2.35. The van der Waals surface area contributed by atoms with Gasteiger partial charge in [0.05, 0.1) is 18.4 Å². The first-order valence-corrected chi connectivity index (χ1v) is 10.5. The number of fused-ring (bicyclic) bond motifs is 1. The van der Waals surface area contributed by atoms with Crippen molar-refractivity contribution >= 4 is 46.5 Å². The van der Waals surface area contributed by atoms with E-state index in [-0.39, 0.29) is 11.3 Å². The molecule has 0 fully saturated rings. The highest BCUT2D eigenvalue weighted by Gasteiger charge is 2.34. The van der Waals surface area contributed by atoms with Crippen molar-refractivity contribution in [2.45, 2.75) is 12.5 Å². The molecule has 2 heterocycles. The number of aromatic carboxylic acids is 1. The third kappa shape index (κ3) is 4.33. The maximum Gasteiger partial charge on any atom is 0.335 e. The number of nitrogens with two attached hydrogens (primary N) is 1. The van der Waals surface area contributed by atoms with Gasteiger partial charge in [0.2, 0.25) is 5.91 Å². The number of allylic oxidation sites excluding steroid dienone is 1. The van der Waals surface area contributed by atoms with Crippen molar-refractivity contribution in [3.8, 4) is 5.75 Å². The molecule has 1 atom stereocenters. The number of nitrogens with zero attached hydrogens (tertiary/aromatic N) is 3. The lowest BCUT2D eigenvalue weighted by molar-refractivity contribution is -0.122. The summed E-state index contributed by atoms with van der Waals surface area (Å²) in [5.41, 5.74) is 10.7. The Kier molecular flexibility index (Phi) is 6.17. The maximum atomic E-state index is 12.4. The van der Waals surface area contributed by atoms with Crippen LogP contribution < -0.4 is 15.9 Å². The van der Waals surface area contributed by atoms with Crippen LogP contribution in [-0.2, 0) is 11.2 Å². The summed E-state index contributed by atoms with van der Waals surface area (Å²) in [4.78, 5) is 28.0. The molecule has 0 saturated carbocycles. The van der Waals surface area contributed by atoms with Crippen molar-refractivity contribution in [2.24, 2.45) is 5.73 Å². The van der Waals surface area contributed by atoms with Crippen LogP contribution in [0.2, 0.25) is 10.0 Å². The number of methoxy groups -OCH3 is 1. The summed E-state index contributed by atoms with van der Waals surface area (Å²) in [6.45, 7) is 0. The van der Waals surface area contributed by atoms with E-state index in [1.807, 2.05) is 0 Å². The average Bonchev–Trinajstić information content (AvgIpc) is 3.25. The van der Waals surface area contributed by atoms with Crippen LogP contribution >= 0.6 is 23.2 Å². The zero-order chi connectivity index (χ0) is 23.7. The molecule has 0 bridgehead atoms. The van der Waals surface area contributed by atoms with E-state index in [9.17, 15) is 14.7 Å². The van der Waals surface area contributed by atoms with E-state index in [0.717, 1.165) is 5.70 Å². The minimum atomic E-state index is -1.09. The summed E-state index contributed by atoms with van der Waals surface area (Å²) in [5.74, 6) is -1.05. The summed E-state index contributed by atoms with van der Waals surface area (Å²) >= 11 is 12.7. The summed E-state index contributed by atoms with van der Waals surface area (Å²) in [6.07, 6.45) is 5.34. The fourth-order valence-electron chi connectivity index (χ4n) is 3.61. The number of aromatic nitrogens is 2. The van der Waals surface area contributed by atoms with Gasteiger partial charge in [-0.1, -0.05) is 29.3 Å². The first kappa shape index (κ1) is 22.5. The van der Waals surface area contributed by atoms with Gasteiger partial charge in [0.1, 0.15) is 11.6 Å². The zero-order valence-electron chi connectivity index (χ0n) is 17.3. The summed E-state index contributed by atoms with van der Waals surface area (Å²) in [7, 11) is 1.42. The molecule has 1 aliphatic rings. The average molecular weight is 488 g/mol. The number of carboxylic acids is 1. The van der Waals surface area contributed by atoms with Gasteiger partial charge in [-0.15, -0.1) is 0 Å². The van der Waals surface area contributed by atoms with Crippen molar-refractivity contribution in [3.05, 3.63) is 82.0 Å². The van der Waals surface area contributed by atoms with Crippen LogP contribution in [0.3, 0.4) is 0 Å². The molecule has 0 spiro atoms. The normalized spacial score (nSPS) is 14.9. The Labute approximate surface area is 199 Å². The number of carbonyl (C=O) groups is 2. The number of imidazole rings is 1. The van der Waals surface area contributed by atoms with Crippen molar-refractivity contribution in [2.75, 3.05) is 12.5 Å².